The monoisotopic (exact) mass is 314 g/mol. The Morgan fingerprint density at radius 2 is 2.14 bits per heavy atom. The number of hydrogen-bond donors (Lipinski definition) is 2. The molecule has 0 saturated carbocycles. The van der Waals surface area contributed by atoms with Gasteiger partial charge in [-0.05, 0) is 25.5 Å². The molecule has 0 heterocycles. The zero-order chi connectivity index (χ0) is 15.8. The van der Waals surface area contributed by atoms with E-state index < -0.39 is 12.1 Å². The van der Waals surface area contributed by atoms with Gasteiger partial charge >= 0.3 is 5.97 Å². The number of ether oxygens (including phenoxy) is 2. The maximum absolute atomic E-state index is 11.9. The minimum atomic E-state index is -0.918. The molecule has 1 rings (SSSR count). The maximum Gasteiger partial charge on any atom is 0.341 e. The van der Waals surface area contributed by atoms with Crippen molar-refractivity contribution in [2.24, 2.45) is 0 Å². The Balaban J connectivity index is 2.53. The largest absolute Gasteiger partial charge is 0.449 e. The summed E-state index contributed by atoms with van der Waals surface area (Å²) in [5, 5.41) is 2.91. The molecule has 0 spiro atoms. The second kappa shape index (κ2) is 8.49. The number of halogens is 1. The number of carbonyl (C=O) groups excluding carboxylic acids is 2. The van der Waals surface area contributed by atoms with E-state index in [0.717, 1.165) is 0 Å². The van der Waals surface area contributed by atoms with E-state index in [0.29, 0.717) is 19.6 Å². The molecule has 1 aromatic carbocycles. The van der Waals surface area contributed by atoms with E-state index in [1.54, 1.807) is 19.2 Å². The molecule has 0 bridgehead atoms. The molecule has 116 valence electrons. The number of methoxy groups -OCH3 is 1. The third-order valence-corrected chi connectivity index (χ3v) is 3.08. The Morgan fingerprint density at radius 3 is 2.81 bits per heavy atom. The Labute approximate surface area is 128 Å². The number of hydrogen-bond acceptors (Lipinski definition) is 5. The Bertz CT molecular complexity index is 508. The first-order valence-electron chi connectivity index (χ1n) is 6.49. The number of nitrogens with one attached hydrogen (secondary N) is 1. The van der Waals surface area contributed by atoms with Gasteiger partial charge in [-0.2, -0.15) is 0 Å². The molecule has 1 amide bonds. The van der Waals surface area contributed by atoms with Crippen molar-refractivity contribution in [2.75, 3.05) is 26.0 Å². The molecule has 0 radical (unpaired) electrons. The highest BCUT2D eigenvalue weighted by Gasteiger charge is 2.20. The van der Waals surface area contributed by atoms with Gasteiger partial charge in [-0.3, -0.25) is 4.79 Å². The number of nitrogens with two attached hydrogens (primary N) is 1. The zero-order valence-corrected chi connectivity index (χ0v) is 12.8. The molecular weight excluding hydrogens is 296 g/mol. The van der Waals surface area contributed by atoms with Crippen LogP contribution in [-0.4, -0.2) is 38.2 Å². The number of anilines is 1. The third kappa shape index (κ3) is 5.24. The molecule has 0 aromatic heterocycles. The van der Waals surface area contributed by atoms with Crippen molar-refractivity contribution in [3.63, 3.8) is 0 Å². The molecule has 0 saturated heterocycles. The van der Waals surface area contributed by atoms with Crippen LogP contribution in [0.2, 0.25) is 5.02 Å². The van der Waals surface area contributed by atoms with Crippen LogP contribution in [-0.2, 0) is 14.3 Å². The summed E-state index contributed by atoms with van der Waals surface area (Å²) in [7, 11) is 1.58. The predicted molar refractivity (Wildman–Crippen MR) is 80.2 cm³/mol. The summed E-state index contributed by atoms with van der Waals surface area (Å²) in [5.41, 5.74) is 5.98. The summed E-state index contributed by atoms with van der Waals surface area (Å²) in [6, 6.07) is 4.65. The topological polar surface area (TPSA) is 90.6 Å². The van der Waals surface area contributed by atoms with Crippen LogP contribution in [0.5, 0.6) is 0 Å². The molecule has 3 N–H and O–H groups in total. The molecule has 1 atom stereocenters. The van der Waals surface area contributed by atoms with Crippen LogP contribution in [0.4, 0.5) is 5.69 Å². The molecule has 7 heteroatoms. The van der Waals surface area contributed by atoms with E-state index in [1.807, 2.05) is 0 Å². The zero-order valence-electron chi connectivity index (χ0n) is 12.0. The van der Waals surface area contributed by atoms with E-state index in [2.05, 4.69) is 5.32 Å². The van der Waals surface area contributed by atoms with Gasteiger partial charge in [0.25, 0.3) is 5.91 Å². The van der Waals surface area contributed by atoms with Gasteiger partial charge in [-0.1, -0.05) is 17.7 Å². The highest BCUT2D eigenvalue weighted by Crippen LogP contribution is 2.23. The molecule has 6 nitrogen and oxygen atoms in total. The van der Waals surface area contributed by atoms with Crippen LogP contribution in [0.1, 0.15) is 23.7 Å². The Morgan fingerprint density at radius 1 is 1.43 bits per heavy atom. The third-order valence-electron chi connectivity index (χ3n) is 2.75. The Kier molecular flexibility index (Phi) is 6.98. The number of para-hydroxylation sites is 1. The van der Waals surface area contributed by atoms with Crippen LogP contribution in [0.25, 0.3) is 0 Å². The average molecular weight is 315 g/mol. The van der Waals surface area contributed by atoms with Crippen molar-refractivity contribution >= 4 is 29.2 Å². The summed E-state index contributed by atoms with van der Waals surface area (Å²) in [5.74, 6) is -1.06. The van der Waals surface area contributed by atoms with Crippen LogP contribution < -0.4 is 11.1 Å². The lowest BCUT2D eigenvalue weighted by Gasteiger charge is -2.14. The quantitative estimate of drug-likeness (QED) is 0.453. The number of esters is 1. The molecule has 0 fully saturated rings. The van der Waals surface area contributed by atoms with E-state index in [1.165, 1.54) is 13.0 Å². The molecule has 0 aliphatic carbocycles. The van der Waals surface area contributed by atoms with Gasteiger partial charge in [0.15, 0.2) is 6.10 Å². The lowest BCUT2D eigenvalue weighted by Crippen LogP contribution is -2.36. The van der Waals surface area contributed by atoms with Crippen LogP contribution >= 0.6 is 11.6 Å². The highest BCUT2D eigenvalue weighted by atomic mass is 35.5. The molecule has 0 aliphatic rings. The predicted octanol–water partition coefficient (Wildman–Crippen LogP) is 1.62. The standard InChI is InChI=1S/C14H19ClN2O4/c1-9(13(18)17-7-4-8-20-2)21-14(19)10-5-3-6-11(15)12(10)16/h3,5-6,9H,4,7-8,16H2,1-2H3,(H,17,18). The molecular formula is C14H19ClN2O4. The van der Waals surface area contributed by atoms with Crippen LogP contribution in [0.3, 0.4) is 0 Å². The van der Waals surface area contributed by atoms with E-state index in [9.17, 15) is 9.59 Å². The normalized spacial score (nSPS) is 11.8. The molecule has 0 aliphatic heterocycles. The second-order valence-corrected chi connectivity index (χ2v) is 4.79. The summed E-state index contributed by atoms with van der Waals surface area (Å²) in [6.45, 7) is 2.49. The minimum absolute atomic E-state index is 0.136. The number of amides is 1. The summed E-state index contributed by atoms with van der Waals surface area (Å²) in [4.78, 5) is 23.7. The van der Waals surface area contributed by atoms with Crippen molar-refractivity contribution in [1.29, 1.82) is 0 Å². The number of nitrogen functional groups attached to an aromatic ring is 1. The van der Waals surface area contributed by atoms with Gasteiger partial charge in [0.1, 0.15) is 0 Å². The van der Waals surface area contributed by atoms with Gasteiger partial charge in [-0.15, -0.1) is 0 Å². The number of rotatable bonds is 7. The maximum atomic E-state index is 11.9. The van der Waals surface area contributed by atoms with E-state index >= 15 is 0 Å². The molecule has 1 unspecified atom stereocenters. The van der Waals surface area contributed by atoms with E-state index in [4.69, 9.17) is 26.8 Å². The first kappa shape index (κ1) is 17.3. The average Bonchev–Trinajstić information content (AvgIpc) is 2.46. The Hall–Kier alpha value is -1.79. The number of benzene rings is 1. The smallest absolute Gasteiger partial charge is 0.341 e. The van der Waals surface area contributed by atoms with Crippen molar-refractivity contribution in [3.8, 4) is 0 Å². The second-order valence-electron chi connectivity index (χ2n) is 4.39. The first-order valence-corrected chi connectivity index (χ1v) is 6.86. The van der Waals surface area contributed by atoms with Gasteiger partial charge in [0, 0.05) is 20.3 Å². The summed E-state index contributed by atoms with van der Waals surface area (Å²) in [6.07, 6.45) is -0.233. The highest BCUT2D eigenvalue weighted by molar-refractivity contribution is 6.33. The van der Waals surface area contributed by atoms with Crippen LogP contribution in [0.15, 0.2) is 18.2 Å². The first-order chi connectivity index (χ1) is 9.97. The van der Waals surface area contributed by atoms with Crippen molar-refractivity contribution in [1.82, 2.24) is 5.32 Å². The van der Waals surface area contributed by atoms with Crippen molar-refractivity contribution < 1.29 is 19.1 Å². The fourth-order valence-electron chi connectivity index (χ4n) is 1.56. The summed E-state index contributed by atoms with van der Waals surface area (Å²) < 4.78 is 9.94. The molecule has 1 aromatic rings. The lowest BCUT2D eigenvalue weighted by atomic mass is 10.2. The minimum Gasteiger partial charge on any atom is -0.449 e. The van der Waals surface area contributed by atoms with Gasteiger partial charge in [-0.25, -0.2) is 4.79 Å². The van der Waals surface area contributed by atoms with Gasteiger partial charge in [0.2, 0.25) is 0 Å². The van der Waals surface area contributed by atoms with Crippen LogP contribution in [0, 0.1) is 0 Å². The molecule has 21 heavy (non-hydrogen) atoms. The van der Waals surface area contributed by atoms with Crippen molar-refractivity contribution in [2.45, 2.75) is 19.4 Å². The van der Waals surface area contributed by atoms with Gasteiger partial charge < -0.3 is 20.5 Å². The number of carbonyl (C=O) groups is 2. The summed E-state index contributed by atoms with van der Waals surface area (Å²) >= 11 is 5.83. The van der Waals surface area contributed by atoms with Gasteiger partial charge in [0.05, 0.1) is 16.3 Å². The van der Waals surface area contributed by atoms with Crippen molar-refractivity contribution in [3.05, 3.63) is 28.8 Å². The fourth-order valence-corrected chi connectivity index (χ4v) is 1.74. The lowest BCUT2D eigenvalue weighted by molar-refractivity contribution is -0.129. The van der Waals surface area contributed by atoms with E-state index in [-0.39, 0.29) is 22.2 Å². The SMILES string of the molecule is COCCCNC(=O)C(C)OC(=O)c1cccc(Cl)c1N. The fraction of sp³-hybridized carbons (Fsp3) is 0.429.